The van der Waals surface area contributed by atoms with Crippen LogP contribution in [0.1, 0.15) is 59.8 Å². The van der Waals surface area contributed by atoms with Crippen LogP contribution in [0.3, 0.4) is 0 Å². The fourth-order valence-corrected chi connectivity index (χ4v) is 3.89. The molecular formula is C16H26O. The van der Waals surface area contributed by atoms with E-state index in [-0.39, 0.29) is 0 Å². The van der Waals surface area contributed by atoms with Crippen LogP contribution >= 0.6 is 0 Å². The predicted molar refractivity (Wildman–Crippen MR) is 71.8 cm³/mol. The van der Waals surface area contributed by atoms with Gasteiger partial charge in [0.2, 0.25) is 0 Å². The number of Topliss-reactive ketones (excluding diaryl/α,β-unsaturated/α-hetero) is 1. The first kappa shape index (κ1) is 12.9. The second-order valence-electron chi connectivity index (χ2n) is 6.43. The number of hydrogen-bond acceptors (Lipinski definition) is 1. The van der Waals surface area contributed by atoms with Gasteiger partial charge in [-0.05, 0) is 42.6 Å². The molecule has 2 unspecified atom stereocenters. The van der Waals surface area contributed by atoms with Gasteiger partial charge in [-0.25, -0.2) is 0 Å². The molecule has 1 fully saturated rings. The molecule has 96 valence electrons. The smallest absolute Gasteiger partial charge is 0.163 e. The lowest BCUT2D eigenvalue weighted by molar-refractivity contribution is -0.120. The van der Waals surface area contributed by atoms with Gasteiger partial charge in [0.15, 0.2) is 5.78 Å². The molecule has 0 aliphatic heterocycles. The minimum absolute atomic E-state index is 0.292. The Morgan fingerprint density at radius 2 is 1.76 bits per heavy atom. The van der Waals surface area contributed by atoms with E-state index in [2.05, 4.69) is 27.7 Å². The quantitative estimate of drug-likeness (QED) is 0.693. The van der Waals surface area contributed by atoms with Crippen molar-refractivity contribution >= 4 is 5.78 Å². The van der Waals surface area contributed by atoms with Gasteiger partial charge < -0.3 is 0 Å². The lowest BCUT2D eigenvalue weighted by Gasteiger charge is -2.23. The Balaban J connectivity index is 2.39. The Morgan fingerprint density at radius 1 is 1.06 bits per heavy atom. The zero-order valence-corrected chi connectivity index (χ0v) is 11.8. The van der Waals surface area contributed by atoms with Crippen molar-refractivity contribution in [3.63, 3.8) is 0 Å². The third-order valence-corrected chi connectivity index (χ3v) is 4.55. The van der Waals surface area contributed by atoms with Crippen molar-refractivity contribution in [2.24, 2.45) is 23.7 Å². The van der Waals surface area contributed by atoms with Crippen LogP contribution in [-0.4, -0.2) is 5.78 Å². The van der Waals surface area contributed by atoms with Gasteiger partial charge in [-0.2, -0.15) is 0 Å². The first-order valence-corrected chi connectivity index (χ1v) is 7.31. The molecule has 0 aromatic carbocycles. The van der Waals surface area contributed by atoms with Crippen molar-refractivity contribution in [1.29, 1.82) is 0 Å². The van der Waals surface area contributed by atoms with Crippen molar-refractivity contribution in [2.45, 2.75) is 59.8 Å². The number of carbonyl (C=O) groups excluding carboxylic acids is 1. The minimum Gasteiger partial charge on any atom is -0.294 e. The fourth-order valence-electron chi connectivity index (χ4n) is 3.89. The molecular weight excluding hydrogens is 208 g/mol. The monoisotopic (exact) mass is 234 g/mol. The van der Waals surface area contributed by atoms with Crippen LogP contribution in [0.25, 0.3) is 0 Å². The molecule has 0 radical (unpaired) electrons. The van der Waals surface area contributed by atoms with Crippen molar-refractivity contribution in [3.05, 3.63) is 11.1 Å². The molecule has 0 saturated heterocycles. The highest BCUT2D eigenvalue weighted by Gasteiger charge is 2.43. The summed E-state index contributed by atoms with van der Waals surface area (Å²) in [7, 11) is 0. The Morgan fingerprint density at radius 3 is 2.35 bits per heavy atom. The van der Waals surface area contributed by atoms with E-state index in [0.717, 1.165) is 0 Å². The molecule has 2 rings (SSSR count). The zero-order valence-electron chi connectivity index (χ0n) is 11.8. The van der Waals surface area contributed by atoms with E-state index in [9.17, 15) is 4.79 Å². The Kier molecular flexibility index (Phi) is 3.75. The molecule has 17 heavy (non-hydrogen) atoms. The van der Waals surface area contributed by atoms with E-state index in [1.165, 1.54) is 37.7 Å². The average Bonchev–Trinajstić information content (AvgIpc) is 2.39. The highest BCUT2D eigenvalue weighted by molar-refractivity contribution is 6.01. The Hall–Kier alpha value is -0.590. The van der Waals surface area contributed by atoms with Crippen LogP contribution in [0.4, 0.5) is 0 Å². The summed E-state index contributed by atoms with van der Waals surface area (Å²) in [5.74, 6) is 2.28. The van der Waals surface area contributed by atoms with E-state index >= 15 is 0 Å². The van der Waals surface area contributed by atoms with Gasteiger partial charge in [0.05, 0.1) is 0 Å². The molecule has 0 spiro atoms. The zero-order chi connectivity index (χ0) is 12.6. The molecule has 0 aromatic heterocycles. The summed E-state index contributed by atoms with van der Waals surface area (Å²) < 4.78 is 0. The fraction of sp³-hybridized carbons (Fsp3) is 0.812. The average molecular weight is 234 g/mol. The summed E-state index contributed by atoms with van der Waals surface area (Å²) in [5, 5.41) is 0. The largest absolute Gasteiger partial charge is 0.294 e. The SMILES string of the molecule is CC(C)C1=C2CCCCCC2C(C(C)C)C1=O. The highest BCUT2D eigenvalue weighted by atomic mass is 16.1. The lowest BCUT2D eigenvalue weighted by Crippen LogP contribution is -2.24. The molecule has 0 aromatic rings. The molecule has 0 bridgehead atoms. The van der Waals surface area contributed by atoms with Gasteiger partial charge in [-0.15, -0.1) is 0 Å². The normalized spacial score (nSPS) is 30.1. The number of ketones is 1. The minimum atomic E-state index is 0.292. The Labute approximate surface area is 106 Å². The highest BCUT2D eigenvalue weighted by Crippen LogP contribution is 2.47. The van der Waals surface area contributed by atoms with Crippen LogP contribution < -0.4 is 0 Å². The summed E-state index contributed by atoms with van der Waals surface area (Å²) in [6.07, 6.45) is 6.40. The van der Waals surface area contributed by atoms with Gasteiger partial charge in [0.25, 0.3) is 0 Å². The van der Waals surface area contributed by atoms with Gasteiger partial charge in [0.1, 0.15) is 0 Å². The number of hydrogen-bond donors (Lipinski definition) is 0. The molecule has 0 heterocycles. The van der Waals surface area contributed by atoms with Crippen LogP contribution in [0.2, 0.25) is 0 Å². The van der Waals surface area contributed by atoms with E-state index in [1.807, 2.05) is 0 Å². The molecule has 1 saturated carbocycles. The van der Waals surface area contributed by atoms with E-state index in [0.29, 0.717) is 29.5 Å². The first-order chi connectivity index (χ1) is 8.04. The van der Waals surface area contributed by atoms with Gasteiger partial charge in [0, 0.05) is 5.92 Å². The molecule has 1 nitrogen and oxygen atoms in total. The van der Waals surface area contributed by atoms with E-state index in [1.54, 1.807) is 5.57 Å². The third kappa shape index (κ3) is 2.21. The first-order valence-electron chi connectivity index (χ1n) is 7.31. The molecule has 1 heteroatoms. The van der Waals surface area contributed by atoms with E-state index in [4.69, 9.17) is 0 Å². The van der Waals surface area contributed by atoms with Crippen molar-refractivity contribution < 1.29 is 4.79 Å². The van der Waals surface area contributed by atoms with Gasteiger partial charge in [-0.3, -0.25) is 4.79 Å². The topological polar surface area (TPSA) is 17.1 Å². The van der Waals surface area contributed by atoms with Crippen molar-refractivity contribution in [1.82, 2.24) is 0 Å². The number of rotatable bonds is 2. The van der Waals surface area contributed by atoms with Gasteiger partial charge in [-0.1, -0.05) is 46.1 Å². The molecule has 0 N–H and O–H groups in total. The summed E-state index contributed by atoms with van der Waals surface area (Å²) in [6.45, 7) is 8.80. The molecule has 2 aliphatic rings. The lowest BCUT2D eigenvalue weighted by atomic mass is 9.80. The summed E-state index contributed by atoms with van der Waals surface area (Å²) in [5.41, 5.74) is 2.75. The van der Waals surface area contributed by atoms with Crippen LogP contribution in [-0.2, 0) is 4.79 Å². The summed E-state index contributed by atoms with van der Waals surface area (Å²) in [6, 6.07) is 0. The second kappa shape index (κ2) is 4.96. The maximum atomic E-state index is 12.6. The van der Waals surface area contributed by atoms with E-state index < -0.39 is 0 Å². The number of allylic oxidation sites excluding steroid dienone is 2. The number of fused-ring (bicyclic) bond motifs is 1. The molecule has 2 aliphatic carbocycles. The summed E-state index contributed by atoms with van der Waals surface area (Å²) in [4.78, 5) is 12.6. The van der Waals surface area contributed by atoms with Crippen LogP contribution in [0, 0.1) is 23.7 Å². The van der Waals surface area contributed by atoms with Gasteiger partial charge >= 0.3 is 0 Å². The Bertz CT molecular complexity index is 335. The molecule has 2 atom stereocenters. The third-order valence-electron chi connectivity index (χ3n) is 4.55. The summed E-state index contributed by atoms with van der Waals surface area (Å²) >= 11 is 0. The number of carbonyl (C=O) groups is 1. The van der Waals surface area contributed by atoms with Crippen LogP contribution in [0.5, 0.6) is 0 Å². The second-order valence-corrected chi connectivity index (χ2v) is 6.43. The maximum Gasteiger partial charge on any atom is 0.163 e. The van der Waals surface area contributed by atoms with Crippen molar-refractivity contribution in [3.8, 4) is 0 Å². The maximum absolute atomic E-state index is 12.6. The van der Waals surface area contributed by atoms with Crippen LogP contribution in [0.15, 0.2) is 11.1 Å². The standard InChI is InChI=1S/C16H26O/c1-10(2)14-12-8-6-5-7-9-13(12)15(11(3)4)16(14)17/h10-12,14H,5-9H2,1-4H3. The van der Waals surface area contributed by atoms with Crippen molar-refractivity contribution in [2.75, 3.05) is 0 Å². The molecule has 0 amide bonds. The predicted octanol–water partition coefficient (Wildman–Crippen LogP) is 4.37.